The van der Waals surface area contributed by atoms with Gasteiger partial charge >= 0.3 is 0 Å². The van der Waals surface area contributed by atoms with E-state index in [9.17, 15) is 4.79 Å². The molecule has 0 radical (unpaired) electrons. The number of piperidine rings is 1. The fourth-order valence-corrected chi connectivity index (χ4v) is 4.55. The molecular formula is C20H28N4OS. The average Bonchev–Trinajstić information content (AvgIpc) is 2.98. The standard InChI is InChI=1S/C20H28N4OS/c1-14-7-9-26-19(14)13-24-8-5-6-16(12-24)10-17-11-18(20(25)23(3)4)22-15(2)21-17/h7,9,11,16H,5-6,8,10,12-13H2,1-4H3. The van der Waals surface area contributed by atoms with Crippen molar-refractivity contribution >= 4 is 17.2 Å². The van der Waals surface area contributed by atoms with Crippen LogP contribution < -0.4 is 0 Å². The molecule has 0 bridgehead atoms. The van der Waals surface area contributed by atoms with E-state index >= 15 is 0 Å². The van der Waals surface area contributed by atoms with Crippen LogP contribution in [-0.4, -0.2) is 52.9 Å². The normalized spacial score (nSPS) is 18.1. The van der Waals surface area contributed by atoms with Crippen LogP contribution in [-0.2, 0) is 13.0 Å². The number of nitrogens with zero attached hydrogens (tertiary/aromatic N) is 4. The third-order valence-corrected chi connectivity index (χ3v) is 5.96. The van der Waals surface area contributed by atoms with E-state index in [2.05, 4.69) is 33.2 Å². The number of carbonyl (C=O) groups is 1. The molecule has 5 nitrogen and oxygen atoms in total. The second kappa shape index (κ2) is 8.27. The third-order valence-electron chi connectivity index (χ3n) is 4.95. The quantitative estimate of drug-likeness (QED) is 0.808. The summed E-state index contributed by atoms with van der Waals surface area (Å²) in [6.45, 7) is 7.37. The topological polar surface area (TPSA) is 49.3 Å². The minimum atomic E-state index is -0.0600. The van der Waals surface area contributed by atoms with Gasteiger partial charge in [-0.2, -0.15) is 0 Å². The number of amides is 1. The Labute approximate surface area is 160 Å². The van der Waals surface area contributed by atoms with E-state index in [1.165, 1.54) is 29.8 Å². The van der Waals surface area contributed by atoms with Crippen molar-refractivity contribution < 1.29 is 4.79 Å². The summed E-state index contributed by atoms with van der Waals surface area (Å²) in [5, 5.41) is 2.18. The Hall–Kier alpha value is -1.79. The van der Waals surface area contributed by atoms with Crippen LogP contribution in [0.3, 0.4) is 0 Å². The molecular weight excluding hydrogens is 344 g/mol. The number of thiophene rings is 1. The van der Waals surface area contributed by atoms with E-state index in [0.717, 1.165) is 25.2 Å². The zero-order valence-corrected chi connectivity index (χ0v) is 17.0. The van der Waals surface area contributed by atoms with Gasteiger partial charge in [-0.3, -0.25) is 9.69 Å². The first-order valence-corrected chi connectivity index (χ1v) is 10.1. The summed E-state index contributed by atoms with van der Waals surface area (Å²) >= 11 is 1.85. The maximum absolute atomic E-state index is 12.2. The van der Waals surface area contributed by atoms with Gasteiger partial charge in [0.2, 0.25) is 0 Å². The number of rotatable bonds is 5. The van der Waals surface area contributed by atoms with E-state index < -0.39 is 0 Å². The van der Waals surface area contributed by atoms with Gasteiger partial charge in [0.15, 0.2) is 0 Å². The lowest BCUT2D eigenvalue weighted by Gasteiger charge is -2.32. The van der Waals surface area contributed by atoms with Crippen molar-refractivity contribution in [1.82, 2.24) is 19.8 Å². The molecule has 1 aliphatic rings. The molecule has 1 amide bonds. The molecule has 2 aromatic heterocycles. The second-order valence-electron chi connectivity index (χ2n) is 7.47. The number of hydrogen-bond donors (Lipinski definition) is 0. The lowest BCUT2D eigenvalue weighted by molar-refractivity contribution is 0.0821. The van der Waals surface area contributed by atoms with Crippen LogP contribution in [0, 0.1) is 19.8 Å². The highest BCUT2D eigenvalue weighted by molar-refractivity contribution is 7.10. The Bertz CT molecular complexity index is 771. The number of carbonyl (C=O) groups excluding carboxylic acids is 1. The molecule has 1 atom stereocenters. The van der Waals surface area contributed by atoms with Gasteiger partial charge < -0.3 is 4.90 Å². The largest absolute Gasteiger partial charge is 0.343 e. The van der Waals surface area contributed by atoms with E-state index in [1.807, 2.05) is 24.3 Å². The summed E-state index contributed by atoms with van der Waals surface area (Å²) < 4.78 is 0. The maximum atomic E-state index is 12.2. The molecule has 0 aromatic carbocycles. The van der Waals surface area contributed by atoms with Crippen molar-refractivity contribution in [2.24, 2.45) is 5.92 Å². The van der Waals surface area contributed by atoms with Crippen LogP contribution in [0.25, 0.3) is 0 Å². The number of likely N-dealkylation sites (tertiary alicyclic amines) is 1. The molecule has 1 aliphatic heterocycles. The zero-order chi connectivity index (χ0) is 18.7. The summed E-state index contributed by atoms with van der Waals surface area (Å²) in [7, 11) is 3.51. The molecule has 0 N–H and O–H groups in total. The van der Waals surface area contributed by atoms with Crippen molar-refractivity contribution in [2.45, 2.75) is 39.7 Å². The molecule has 0 aliphatic carbocycles. The molecule has 3 rings (SSSR count). The first-order chi connectivity index (χ1) is 12.4. The van der Waals surface area contributed by atoms with Gasteiger partial charge in [0, 0.05) is 37.8 Å². The monoisotopic (exact) mass is 372 g/mol. The highest BCUT2D eigenvalue weighted by atomic mass is 32.1. The van der Waals surface area contributed by atoms with Gasteiger partial charge in [0.05, 0.1) is 0 Å². The Balaban J connectivity index is 1.66. The maximum Gasteiger partial charge on any atom is 0.272 e. The van der Waals surface area contributed by atoms with Gasteiger partial charge in [0.25, 0.3) is 5.91 Å². The lowest BCUT2D eigenvalue weighted by Crippen LogP contribution is -2.35. The Kier molecular flexibility index (Phi) is 6.04. The molecule has 2 aromatic rings. The Morgan fingerprint density at radius 2 is 2.15 bits per heavy atom. The lowest BCUT2D eigenvalue weighted by atomic mass is 9.93. The molecule has 1 unspecified atom stereocenters. The molecule has 3 heterocycles. The van der Waals surface area contributed by atoms with Crippen molar-refractivity contribution in [3.63, 3.8) is 0 Å². The van der Waals surface area contributed by atoms with Crippen molar-refractivity contribution in [3.8, 4) is 0 Å². The summed E-state index contributed by atoms with van der Waals surface area (Å²) in [6, 6.07) is 4.08. The fourth-order valence-electron chi connectivity index (χ4n) is 3.60. The third kappa shape index (κ3) is 4.68. The summed E-state index contributed by atoms with van der Waals surface area (Å²) in [6.07, 6.45) is 3.36. The predicted octanol–water partition coefficient (Wildman–Crippen LogP) is 3.31. The van der Waals surface area contributed by atoms with E-state index in [4.69, 9.17) is 0 Å². The van der Waals surface area contributed by atoms with E-state index in [1.54, 1.807) is 19.0 Å². The van der Waals surface area contributed by atoms with Crippen LogP contribution in [0.4, 0.5) is 0 Å². The average molecular weight is 373 g/mol. The Morgan fingerprint density at radius 3 is 2.85 bits per heavy atom. The molecule has 1 saturated heterocycles. The number of hydrogen-bond acceptors (Lipinski definition) is 5. The second-order valence-corrected chi connectivity index (χ2v) is 8.47. The fraction of sp³-hybridized carbons (Fsp3) is 0.550. The van der Waals surface area contributed by atoms with Gasteiger partial charge in [-0.05, 0) is 68.6 Å². The molecule has 0 saturated carbocycles. The summed E-state index contributed by atoms with van der Waals surface area (Å²) in [5.41, 5.74) is 2.89. The van der Waals surface area contributed by atoms with Crippen LogP contribution in [0.15, 0.2) is 17.5 Å². The highest BCUT2D eigenvalue weighted by Crippen LogP contribution is 2.24. The predicted molar refractivity (Wildman–Crippen MR) is 106 cm³/mol. The van der Waals surface area contributed by atoms with Gasteiger partial charge in [-0.25, -0.2) is 9.97 Å². The van der Waals surface area contributed by atoms with Gasteiger partial charge in [-0.1, -0.05) is 0 Å². The SMILES string of the molecule is Cc1nc(CC2CCCN(Cc3sccc3C)C2)cc(C(=O)N(C)C)n1. The molecule has 6 heteroatoms. The molecule has 140 valence electrons. The molecule has 0 spiro atoms. The van der Waals surface area contributed by atoms with Crippen LogP contribution in [0.2, 0.25) is 0 Å². The van der Waals surface area contributed by atoms with Gasteiger partial charge in [-0.15, -0.1) is 11.3 Å². The van der Waals surface area contributed by atoms with Crippen LogP contribution in [0.5, 0.6) is 0 Å². The minimum Gasteiger partial charge on any atom is -0.343 e. The molecule has 26 heavy (non-hydrogen) atoms. The summed E-state index contributed by atoms with van der Waals surface area (Å²) in [5.74, 6) is 1.20. The van der Waals surface area contributed by atoms with Gasteiger partial charge in [0.1, 0.15) is 11.5 Å². The highest BCUT2D eigenvalue weighted by Gasteiger charge is 2.22. The van der Waals surface area contributed by atoms with Crippen molar-refractivity contribution in [2.75, 3.05) is 27.2 Å². The number of aromatic nitrogens is 2. The smallest absolute Gasteiger partial charge is 0.272 e. The summed E-state index contributed by atoms with van der Waals surface area (Å²) in [4.78, 5) is 26.7. The van der Waals surface area contributed by atoms with Crippen molar-refractivity contribution in [1.29, 1.82) is 0 Å². The van der Waals surface area contributed by atoms with Crippen LogP contribution >= 0.6 is 11.3 Å². The van der Waals surface area contributed by atoms with Crippen molar-refractivity contribution in [3.05, 3.63) is 45.2 Å². The van der Waals surface area contributed by atoms with E-state index in [-0.39, 0.29) is 5.91 Å². The first kappa shape index (κ1) is 19.0. The van der Waals surface area contributed by atoms with E-state index in [0.29, 0.717) is 17.4 Å². The minimum absolute atomic E-state index is 0.0600. The van der Waals surface area contributed by atoms with Crippen LogP contribution in [0.1, 0.15) is 45.3 Å². The number of aryl methyl sites for hydroxylation is 2. The zero-order valence-electron chi connectivity index (χ0n) is 16.2. The molecule has 1 fully saturated rings. The Morgan fingerprint density at radius 1 is 1.35 bits per heavy atom. The first-order valence-electron chi connectivity index (χ1n) is 9.24.